The zero-order valence-corrected chi connectivity index (χ0v) is 16.5. The van der Waals surface area contributed by atoms with Crippen LogP contribution < -0.4 is 4.74 Å². The molecular formula is C25H24N2O. The maximum atomic E-state index is 5.39. The van der Waals surface area contributed by atoms with Crippen LogP contribution in [-0.2, 0) is 6.54 Å². The Kier molecular flexibility index (Phi) is 4.98. The summed E-state index contributed by atoms with van der Waals surface area (Å²) in [6.45, 7) is 4.96. The molecule has 1 heterocycles. The van der Waals surface area contributed by atoms with Crippen molar-refractivity contribution >= 4 is 0 Å². The van der Waals surface area contributed by atoms with Gasteiger partial charge in [0, 0.05) is 11.1 Å². The molecule has 0 N–H and O–H groups in total. The quantitative estimate of drug-likeness (QED) is 0.439. The smallest absolute Gasteiger partial charge is 0.119 e. The third kappa shape index (κ3) is 3.56. The fraction of sp³-hybridized carbons (Fsp3) is 0.160. The van der Waals surface area contributed by atoms with E-state index in [4.69, 9.17) is 9.84 Å². The molecule has 0 unspecified atom stereocenters. The van der Waals surface area contributed by atoms with Crippen molar-refractivity contribution in [1.29, 1.82) is 0 Å². The van der Waals surface area contributed by atoms with E-state index in [1.807, 2.05) is 12.1 Å². The van der Waals surface area contributed by atoms with Crippen molar-refractivity contribution in [3.63, 3.8) is 0 Å². The van der Waals surface area contributed by atoms with E-state index in [2.05, 4.69) is 85.3 Å². The largest absolute Gasteiger partial charge is 0.497 e. The topological polar surface area (TPSA) is 27.1 Å². The molecule has 4 rings (SSSR count). The summed E-state index contributed by atoms with van der Waals surface area (Å²) in [6.07, 6.45) is 0. The molecule has 0 radical (unpaired) electrons. The Morgan fingerprint density at radius 1 is 0.786 bits per heavy atom. The van der Waals surface area contributed by atoms with Crippen molar-refractivity contribution < 1.29 is 4.74 Å². The SMILES string of the molecule is COc1cccc(Cn2nc(-c3ccccc3C)cc2-c2ccccc2C)c1. The molecule has 4 aromatic rings. The molecule has 0 saturated carbocycles. The van der Waals surface area contributed by atoms with E-state index in [1.54, 1.807) is 7.11 Å². The van der Waals surface area contributed by atoms with Gasteiger partial charge in [-0.1, -0.05) is 60.7 Å². The number of aromatic nitrogens is 2. The highest BCUT2D eigenvalue weighted by Crippen LogP contribution is 2.30. The Balaban J connectivity index is 1.83. The van der Waals surface area contributed by atoms with Gasteiger partial charge in [-0.2, -0.15) is 5.10 Å². The first-order valence-corrected chi connectivity index (χ1v) is 9.48. The normalized spacial score (nSPS) is 10.8. The molecule has 0 aliphatic rings. The van der Waals surface area contributed by atoms with Crippen LogP contribution in [0.25, 0.3) is 22.5 Å². The third-order valence-electron chi connectivity index (χ3n) is 5.09. The molecule has 0 spiro atoms. The van der Waals surface area contributed by atoms with Crippen LogP contribution in [0.4, 0.5) is 0 Å². The van der Waals surface area contributed by atoms with Gasteiger partial charge in [0.1, 0.15) is 5.75 Å². The van der Waals surface area contributed by atoms with Crippen molar-refractivity contribution in [2.24, 2.45) is 0 Å². The highest BCUT2D eigenvalue weighted by atomic mass is 16.5. The Morgan fingerprint density at radius 2 is 1.46 bits per heavy atom. The van der Waals surface area contributed by atoms with Crippen LogP contribution in [0.2, 0.25) is 0 Å². The molecular weight excluding hydrogens is 344 g/mol. The van der Waals surface area contributed by atoms with E-state index in [9.17, 15) is 0 Å². The van der Waals surface area contributed by atoms with Gasteiger partial charge < -0.3 is 4.74 Å². The number of nitrogens with zero attached hydrogens (tertiary/aromatic N) is 2. The predicted octanol–water partition coefficient (Wildman–Crippen LogP) is 5.89. The summed E-state index contributed by atoms with van der Waals surface area (Å²) in [5.41, 5.74) is 8.13. The number of aryl methyl sites for hydroxylation is 2. The second kappa shape index (κ2) is 7.73. The number of ether oxygens (including phenoxy) is 1. The summed E-state index contributed by atoms with van der Waals surface area (Å²) in [5.74, 6) is 0.862. The summed E-state index contributed by atoms with van der Waals surface area (Å²) >= 11 is 0. The summed E-state index contributed by atoms with van der Waals surface area (Å²) in [6, 6.07) is 27.2. The standard InChI is InChI=1S/C25H24N2O/c1-18-9-4-6-13-22(18)24-16-25(23-14-7-5-10-19(23)2)27(26-24)17-20-11-8-12-21(15-20)28-3/h4-16H,17H2,1-3H3. The van der Waals surface area contributed by atoms with E-state index in [1.165, 1.54) is 22.3 Å². The number of benzene rings is 3. The van der Waals surface area contributed by atoms with Crippen LogP contribution in [0.1, 0.15) is 16.7 Å². The van der Waals surface area contributed by atoms with Crippen LogP contribution in [0, 0.1) is 13.8 Å². The van der Waals surface area contributed by atoms with Gasteiger partial charge in [-0.05, 0) is 48.7 Å². The van der Waals surface area contributed by atoms with Gasteiger partial charge in [0.2, 0.25) is 0 Å². The number of methoxy groups -OCH3 is 1. The van der Waals surface area contributed by atoms with E-state index < -0.39 is 0 Å². The van der Waals surface area contributed by atoms with Crippen LogP contribution in [0.5, 0.6) is 5.75 Å². The Morgan fingerprint density at radius 3 is 2.14 bits per heavy atom. The van der Waals surface area contributed by atoms with Gasteiger partial charge >= 0.3 is 0 Å². The lowest BCUT2D eigenvalue weighted by atomic mass is 10.0. The Labute approximate surface area is 166 Å². The minimum atomic E-state index is 0.687. The van der Waals surface area contributed by atoms with Crippen LogP contribution in [0.15, 0.2) is 78.9 Å². The Bertz CT molecular complexity index is 1110. The van der Waals surface area contributed by atoms with Crippen molar-refractivity contribution in [1.82, 2.24) is 9.78 Å². The van der Waals surface area contributed by atoms with Crippen LogP contribution >= 0.6 is 0 Å². The third-order valence-corrected chi connectivity index (χ3v) is 5.09. The van der Waals surface area contributed by atoms with E-state index in [0.717, 1.165) is 22.7 Å². The average Bonchev–Trinajstić information content (AvgIpc) is 3.12. The monoisotopic (exact) mass is 368 g/mol. The van der Waals surface area contributed by atoms with Crippen LogP contribution in [0.3, 0.4) is 0 Å². The first-order chi connectivity index (χ1) is 13.7. The van der Waals surface area contributed by atoms with Crippen molar-refractivity contribution in [2.45, 2.75) is 20.4 Å². The van der Waals surface area contributed by atoms with Gasteiger partial charge in [0.25, 0.3) is 0 Å². The predicted molar refractivity (Wildman–Crippen MR) is 115 cm³/mol. The summed E-state index contributed by atoms with van der Waals surface area (Å²) < 4.78 is 7.48. The molecule has 0 fully saturated rings. The first kappa shape index (κ1) is 18.1. The molecule has 3 heteroatoms. The molecule has 0 atom stereocenters. The van der Waals surface area contributed by atoms with Crippen molar-refractivity contribution in [3.05, 3.63) is 95.6 Å². The van der Waals surface area contributed by atoms with Gasteiger partial charge in [0.05, 0.1) is 25.0 Å². The molecule has 0 aliphatic heterocycles. The van der Waals surface area contributed by atoms with Gasteiger partial charge in [-0.3, -0.25) is 4.68 Å². The van der Waals surface area contributed by atoms with Crippen molar-refractivity contribution in [3.8, 4) is 28.3 Å². The zero-order valence-electron chi connectivity index (χ0n) is 16.5. The fourth-order valence-corrected chi connectivity index (χ4v) is 3.55. The molecule has 0 bridgehead atoms. The lowest BCUT2D eigenvalue weighted by molar-refractivity contribution is 0.414. The molecule has 28 heavy (non-hydrogen) atoms. The Hall–Kier alpha value is -3.33. The number of hydrogen-bond acceptors (Lipinski definition) is 2. The van der Waals surface area contributed by atoms with E-state index in [-0.39, 0.29) is 0 Å². The highest BCUT2D eigenvalue weighted by molar-refractivity contribution is 5.72. The molecule has 3 aromatic carbocycles. The van der Waals surface area contributed by atoms with E-state index >= 15 is 0 Å². The molecule has 3 nitrogen and oxygen atoms in total. The minimum Gasteiger partial charge on any atom is -0.497 e. The van der Waals surface area contributed by atoms with Gasteiger partial charge in [-0.25, -0.2) is 0 Å². The summed E-state index contributed by atoms with van der Waals surface area (Å²) in [4.78, 5) is 0. The zero-order chi connectivity index (χ0) is 19.5. The lowest BCUT2D eigenvalue weighted by Crippen LogP contribution is -2.05. The maximum absolute atomic E-state index is 5.39. The summed E-state index contributed by atoms with van der Waals surface area (Å²) in [5, 5.41) is 4.99. The second-order valence-electron chi connectivity index (χ2n) is 7.05. The van der Waals surface area contributed by atoms with Crippen LogP contribution in [-0.4, -0.2) is 16.9 Å². The van der Waals surface area contributed by atoms with Crippen molar-refractivity contribution in [2.75, 3.05) is 7.11 Å². The average molecular weight is 368 g/mol. The lowest BCUT2D eigenvalue weighted by Gasteiger charge is -2.10. The first-order valence-electron chi connectivity index (χ1n) is 9.48. The van der Waals surface area contributed by atoms with Gasteiger partial charge in [0.15, 0.2) is 0 Å². The van der Waals surface area contributed by atoms with Gasteiger partial charge in [-0.15, -0.1) is 0 Å². The number of rotatable bonds is 5. The molecule has 0 aliphatic carbocycles. The fourth-order valence-electron chi connectivity index (χ4n) is 3.55. The maximum Gasteiger partial charge on any atom is 0.119 e. The second-order valence-corrected chi connectivity index (χ2v) is 7.05. The van der Waals surface area contributed by atoms with E-state index in [0.29, 0.717) is 6.54 Å². The molecule has 0 saturated heterocycles. The molecule has 0 amide bonds. The summed E-state index contributed by atoms with van der Waals surface area (Å²) in [7, 11) is 1.70. The molecule has 140 valence electrons. The molecule has 1 aromatic heterocycles. The number of hydrogen-bond donors (Lipinski definition) is 0. The highest BCUT2D eigenvalue weighted by Gasteiger charge is 2.14. The minimum absolute atomic E-state index is 0.687.